The van der Waals surface area contributed by atoms with Gasteiger partial charge in [0.05, 0.1) is 12.6 Å². The summed E-state index contributed by atoms with van der Waals surface area (Å²) in [6, 6.07) is 11.3. The molecule has 6 heteroatoms. The summed E-state index contributed by atoms with van der Waals surface area (Å²) in [6.45, 7) is 1.39. The van der Waals surface area contributed by atoms with Gasteiger partial charge in [-0.15, -0.1) is 0 Å². The molecule has 0 unspecified atom stereocenters. The Hall–Kier alpha value is -2.60. The van der Waals surface area contributed by atoms with E-state index in [9.17, 15) is 14.7 Å². The summed E-state index contributed by atoms with van der Waals surface area (Å²) in [6.07, 6.45) is 1.23. The van der Waals surface area contributed by atoms with Crippen molar-refractivity contribution < 1.29 is 15.0 Å². The fourth-order valence-electron chi connectivity index (χ4n) is 2.39. The third-order valence-corrected chi connectivity index (χ3v) is 3.49. The molecule has 0 aliphatic heterocycles. The number of carboxylic acids is 1. The molecule has 0 spiro atoms. The first-order chi connectivity index (χ1) is 11.0. The largest absolute Gasteiger partial charge is 0.503 e. The molecule has 23 heavy (non-hydrogen) atoms. The number of aromatic hydroxyl groups is 1. The molecule has 2 rings (SSSR count). The van der Waals surface area contributed by atoms with Gasteiger partial charge in [-0.25, -0.2) is 0 Å². The minimum atomic E-state index is -0.924. The van der Waals surface area contributed by atoms with Gasteiger partial charge in [-0.05, 0) is 12.6 Å². The molecule has 0 amide bonds. The third-order valence-electron chi connectivity index (χ3n) is 3.49. The molecule has 1 aromatic carbocycles. The Balaban J connectivity index is 2.15. The minimum Gasteiger partial charge on any atom is -0.503 e. The van der Waals surface area contributed by atoms with Crippen LogP contribution in [0.4, 0.5) is 0 Å². The van der Waals surface area contributed by atoms with Crippen molar-refractivity contribution in [2.24, 2.45) is 0 Å². The summed E-state index contributed by atoms with van der Waals surface area (Å²) >= 11 is 0. The van der Waals surface area contributed by atoms with Crippen LogP contribution in [0.2, 0.25) is 0 Å². The number of rotatable bonds is 7. The van der Waals surface area contributed by atoms with Gasteiger partial charge in [0.15, 0.2) is 5.75 Å². The lowest BCUT2D eigenvalue weighted by Gasteiger charge is -2.20. The van der Waals surface area contributed by atoms with Crippen LogP contribution >= 0.6 is 0 Å². The van der Waals surface area contributed by atoms with E-state index in [0.717, 1.165) is 5.56 Å². The van der Waals surface area contributed by atoms with Crippen molar-refractivity contribution >= 4 is 5.97 Å². The van der Waals surface area contributed by atoms with Crippen LogP contribution in [0.3, 0.4) is 0 Å². The molecule has 2 N–H and O–H groups in total. The highest BCUT2D eigenvalue weighted by atomic mass is 16.4. The van der Waals surface area contributed by atoms with Crippen molar-refractivity contribution in [1.29, 1.82) is 0 Å². The number of carboxylic acid groups (broad SMARTS) is 1. The maximum absolute atomic E-state index is 11.7. The Labute approximate surface area is 134 Å². The maximum Gasteiger partial charge on any atom is 0.305 e. The summed E-state index contributed by atoms with van der Waals surface area (Å²) in [7, 11) is 1.92. The quantitative estimate of drug-likeness (QED) is 0.812. The Morgan fingerprint density at radius 3 is 2.57 bits per heavy atom. The number of pyridine rings is 1. The van der Waals surface area contributed by atoms with E-state index in [1.165, 1.54) is 12.3 Å². The van der Waals surface area contributed by atoms with Crippen molar-refractivity contribution in [3.63, 3.8) is 0 Å². The molecule has 1 heterocycles. The highest BCUT2D eigenvalue weighted by Gasteiger charge is 2.10. The van der Waals surface area contributed by atoms with Gasteiger partial charge >= 0.3 is 5.97 Å². The normalized spacial score (nSPS) is 10.9. The molecule has 2 aromatic rings. The molecule has 0 atom stereocenters. The topological polar surface area (TPSA) is 82.8 Å². The number of benzene rings is 1. The molecule has 1 aromatic heterocycles. The number of hydrogen-bond acceptors (Lipinski definition) is 4. The van der Waals surface area contributed by atoms with Crippen LogP contribution in [0.1, 0.15) is 17.7 Å². The molecular formula is C17H20N2O4. The molecule has 0 radical (unpaired) electrons. The van der Waals surface area contributed by atoms with Gasteiger partial charge in [0.1, 0.15) is 0 Å². The summed E-state index contributed by atoms with van der Waals surface area (Å²) in [4.78, 5) is 24.4. The summed E-state index contributed by atoms with van der Waals surface area (Å²) < 4.78 is 1.62. The van der Waals surface area contributed by atoms with Gasteiger partial charge in [-0.3, -0.25) is 14.5 Å². The summed E-state index contributed by atoms with van der Waals surface area (Å²) in [5, 5.41) is 18.4. The van der Waals surface area contributed by atoms with Crippen LogP contribution in [-0.4, -0.2) is 32.7 Å². The van der Waals surface area contributed by atoms with E-state index in [1.54, 1.807) is 4.57 Å². The third kappa shape index (κ3) is 4.96. The van der Waals surface area contributed by atoms with Gasteiger partial charge in [0.2, 0.25) is 5.43 Å². The van der Waals surface area contributed by atoms with Crippen molar-refractivity contribution in [2.45, 2.75) is 26.1 Å². The Morgan fingerprint density at radius 1 is 1.22 bits per heavy atom. The molecule has 0 bridgehead atoms. The first-order valence-electron chi connectivity index (χ1n) is 7.32. The average Bonchev–Trinajstić information content (AvgIpc) is 2.50. The Bertz CT molecular complexity index is 725. The second-order valence-electron chi connectivity index (χ2n) is 5.51. The zero-order valence-electron chi connectivity index (χ0n) is 13.0. The van der Waals surface area contributed by atoms with E-state index < -0.39 is 11.4 Å². The number of aliphatic carboxylic acids is 1. The van der Waals surface area contributed by atoms with E-state index >= 15 is 0 Å². The number of hydrogen-bond donors (Lipinski definition) is 2. The predicted octanol–water partition coefficient (Wildman–Crippen LogP) is 1.66. The van der Waals surface area contributed by atoms with E-state index in [4.69, 9.17) is 5.11 Å². The zero-order valence-corrected chi connectivity index (χ0v) is 13.0. The standard InChI is InChI=1S/C17H20N2O4/c1-18(10-13-5-3-2-4-6-13)11-14-9-15(20)16(21)12-19(14)8-7-17(22)23/h2-6,9,12,21H,7-8,10-11H2,1H3,(H,22,23). The molecule has 0 aliphatic rings. The van der Waals surface area contributed by atoms with Gasteiger partial charge in [0.25, 0.3) is 0 Å². The maximum atomic E-state index is 11.7. The van der Waals surface area contributed by atoms with Crippen molar-refractivity contribution in [2.75, 3.05) is 7.05 Å². The minimum absolute atomic E-state index is 0.0717. The van der Waals surface area contributed by atoms with Crippen LogP contribution in [0.25, 0.3) is 0 Å². The highest BCUT2D eigenvalue weighted by Crippen LogP contribution is 2.11. The number of nitrogens with zero attached hydrogens (tertiary/aromatic N) is 2. The van der Waals surface area contributed by atoms with Crippen molar-refractivity contribution in [3.05, 3.63) is 64.1 Å². The fraction of sp³-hybridized carbons (Fsp3) is 0.294. The Morgan fingerprint density at radius 2 is 1.91 bits per heavy atom. The monoisotopic (exact) mass is 316 g/mol. The molecule has 122 valence electrons. The van der Waals surface area contributed by atoms with Crippen LogP contribution in [-0.2, 0) is 24.4 Å². The first-order valence-corrected chi connectivity index (χ1v) is 7.32. The van der Waals surface area contributed by atoms with E-state index in [1.807, 2.05) is 42.3 Å². The predicted molar refractivity (Wildman–Crippen MR) is 86.2 cm³/mol. The highest BCUT2D eigenvalue weighted by molar-refractivity contribution is 5.66. The Kier molecular flexibility index (Phi) is 5.54. The van der Waals surface area contributed by atoms with E-state index in [2.05, 4.69) is 0 Å². The molecular weight excluding hydrogens is 296 g/mol. The van der Waals surface area contributed by atoms with Crippen LogP contribution in [0, 0.1) is 0 Å². The molecule has 6 nitrogen and oxygen atoms in total. The molecule has 0 aliphatic carbocycles. The number of aryl methyl sites for hydroxylation is 1. The second kappa shape index (κ2) is 7.60. The number of aromatic nitrogens is 1. The van der Waals surface area contributed by atoms with Crippen molar-refractivity contribution in [3.8, 4) is 5.75 Å². The van der Waals surface area contributed by atoms with E-state index in [-0.39, 0.29) is 18.7 Å². The van der Waals surface area contributed by atoms with Crippen LogP contribution in [0.15, 0.2) is 47.4 Å². The van der Waals surface area contributed by atoms with Gasteiger partial charge in [0, 0.05) is 31.4 Å². The van der Waals surface area contributed by atoms with Gasteiger partial charge in [-0.2, -0.15) is 0 Å². The first kappa shape index (κ1) is 16.8. The van der Waals surface area contributed by atoms with Gasteiger partial charge in [-0.1, -0.05) is 30.3 Å². The van der Waals surface area contributed by atoms with Gasteiger partial charge < -0.3 is 14.8 Å². The molecule has 0 fully saturated rings. The lowest BCUT2D eigenvalue weighted by Crippen LogP contribution is -2.23. The molecule has 0 saturated carbocycles. The summed E-state index contributed by atoms with van der Waals surface area (Å²) in [5.41, 5.74) is 1.36. The number of carbonyl (C=O) groups is 1. The van der Waals surface area contributed by atoms with Crippen LogP contribution in [0.5, 0.6) is 5.75 Å². The van der Waals surface area contributed by atoms with Crippen molar-refractivity contribution in [1.82, 2.24) is 9.47 Å². The fourth-order valence-corrected chi connectivity index (χ4v) is 2.39. The lowest BCUT2D eigenvalue weighted by molar-refractivity contribution is -0.137. The lowest BCUT2D eigenvalue weighted by atomic mass is 10.2. The second-order valence-corrected chi connectivity index (χ2v) is 5.51. The van der Waals surface area contributed by atoms with E-state index in [0.29, 0.717) is 18.8 Å². The van der Waals surface area contributed by atoms with Crippen LogP contribution < -0.4 is 5.43 Å². The summed E-state index contributed by atoms with van der Waals surface area (Å²) in [5.74, 6) is -1.29. The zero-order chi connectivity index (χ0) is 16.8. The average molecular weight is 316 g/mol. The smallest absolute Gasteiger partial charge is 0.305 e. The SMILES string of the molecule is CN(Cc1ccccc1)Cc1cc(=O)c(O)cn1CCC(=O)O. The molecule has 0 saturated heterocycles.